The zero-order valence-corrected chi connectivity index (χ0v) is 17.4. The van der Waals surface area contributed by atoms with Gasteiger partial charge in [-0.05, 0) is 37.5 Å². The minimum Gasteiger partial charge on any atom is -0.496 e. The molecule has 0 unspecified atom stereocenters. The molecule has 1 aliphatic heterocycles. The summed E-state index contributed by atoms with van der Waals surface area (Å²) < 4.78 is 10.6. The van der Waals surface area contributed by atoms with Gasteiger partial charge in [-0.3, -0.25) is 4.79 Å². The zero-order chi connectivity index (χ0) is 20.9. The summed E-state index contributed by atoms with van der Waals surface area (Å²) in [7, 11) is 3.07. The lowest BCUT2D eigenvalue weighted by Crippen LogP contribution is -2.45. The lowest BCUT2D eigenvalue weighted by atomic mass is 9.84. The van der Waals surface area contributed by atoms with Crippen molar-refractivity contribution in [3.63, 3.8) is 0 Å². The molecule has 0 saturated carbocycles. The van der Waals surface area contributed by atoms with Gasteiger partial charge >= 0.3 is 0 Å². The first-order valence-electron chi connectivity index (χ1n) is 9.98. The van der Waals surface area contributed by atoms with Crippen LogP contribution in [0.5, 0.6) is 11.5 Å². The van der Waals surface area contributed by atoms with Crippen LogP contribution in [0.3, 0.4) is 0 Å². The fourth-order valence-corrected chi connectivity index (χ4v) is 3.79. The number of nitrogens with zero attached hydrogens (tertiary/aromatic N) is 1. The van der Waals surface area contributed by atoms with Gasteiger partial charge in [0.05, 0.1) is 19.8 Å². The maximum Gasteiger partial charge on any atom is 0.258 e. The molecule has 6 heteroatoms. The molecule has 0 atom stereocenters. The van der Waals surface area contributed by atoms with Crippen LogP contribution in [-0.4, -0.2) is 56.3 Å². The number of aliphatic hydroxyl groups is 1. The summed E-state index contributed by atoms with van der Waals surface area (Å²) in [5.74, 6) is 0.762. The van der Waals surface area contributed by atoms with E-state index in [2.05, 4.69) is 10.2 Å². The highest BCUT2D eigenvalue weighted by molar-refractivity contribution is 5.99. The lowest BCUT2D eigenvalue weighted by molar-refractivity contribution is -0.0255. The monoisotopic (exact) mass is 398 g/mol. The Morgan fingerprint density at radius 3 is 2.21 bits per heavy atom. The SMILES string of the molecule is COc1cccc(OC)c1C(=O)NCCN1CCC(O)(c2ccc(C)cc2)CC1. The topological polar surface area (TPSA) is 71.0 Å². The van der Waals surface area contributed by atoms with Crippen molar-refractivity contribution in [2.45, 2.75) is 25.4 Å². The van der Waals surface area contributed by atoms with E-state index in [0.29, 0.717) is 36.4 Å². The number of amides is 1. The molecule has 1 amide bonds. The number of methoxy groups -OCH3 is 2. The van der Waals surface area contributed by atoms with Gasteiger partial charge in [0.15, 0.2) is 0 Å². The van der Waals surface area contributed by atoms with Crippen LogP contribution in [0, 0.1) is 6.92 Å². The van der Waals surface area contributed by atoms with Crippen LogP contribution >= 0.6 is 0 Å². The molecule has 1 fully saturated rings. The van der Waals surface area contributed by atoms with Crippen molar-refractivity contribution in [1.29, 1.82) is 0 Å². The van der Waals surface area contributed by atoms with Crippen LogP contribution < -0.4 is 14.8 Å². The Labute approximate surface area is 172 Å². The van der Waals surface area contributed by atoms with Crippen molar-refractivity contribution in [2.24, 2.45) is 0 Å². The summed E-state index contributed by atoms with van der Waals surface area (Å²) in [6, 6.07) is 13.4. The quantitative estimate of drug-likeness (QED) is 0.750. The van der Waals surface area contributed by atoms with Gasteiger partial charge in [0, 0.05) is 26.2 Å². The number of rotatable bonds is 7. The molecule has 156 valence electrons. The predicted molar refractivity (Wildman–Crippen MR) is 113 cm³/mol. The number of piperidine rings is 1. The van der Waals surface area contributed by atoms with Gasteiger partial charge in [-0.25, -0.2) is 0 Å². The summed E-state index contributed by atoms with van der Waals surface area (Å²) in [4.78, 5) is 14.9. The molecule has 2 N–H and O–H groups in total. The Morgan fingerprint density at radius 1 is 1.07 bits per heavy atom. The van der Waals surface area contributed by atoms with Crippen molar-refractivity contribution in [3.05, 3.63) is 59.2 Å². The summed E-state index contributed by atoms with van der Waals surface area (Å²) >= 11 is 0. The van der Waals surface area contributed by atoms with Crippen molar-refractivity contribution in [3.8, 4) is 11.5 Å². The van der Waals surface area contributed by atoms with Crippen LogP contribution in [0.4, 0.5) is 0 Å². The van der Waals surface area contributed by atoms with E-state index in [9.17, 15) is 9.90 Å². The van der Waals surface area contributed by atoms with Gasteiger partial charge < -0.3 is 24.8 Å². The number of hydrogen-bond donors (Lipinski definition) is 2. The van der Waals surface area contributed by atoms with E-state index in [4.69, 9.17) is 9.47 Å². The molecule has 0 aromatic heterocycles. The van der Waals surface area contributed by atoms with Gasteiger partial charge in [0.25, 0.3) is 5.91 Å². The maximum absolute atomic E-state index is 12.6. The second kappa shape index (κ2) is 9.29. The molecule has 0 radical (unpaired) electrons. The van der Waals surface area contributed by atoms with Crippen molar-refractivity contribution >= 4 is 5.91 Å². The summed E-state index contributed by atoms with van der Waals surface area (Å²) in [6.07, 6.45) is 1.37. The number of benzene rings is 2. The molecule has 0 spiro atoms. The molecule has 0 aliphatic carbocycles. The first-order chi connectivity index (χ1) is 14.0. The van der Waals surface area contributed by atoms with E-state index in [1.807, 2.05) is 31.2 Å². The maximum atomic E-state index is 12.6. The average molecular weight is 399 g/mol. The molecule has 0 bridgehead atoms. The lowest BCUT2D eigenvalue weighted by Gasteiger charge is -2.38. The van der Waals surface area contributed by atoms with Crippen LogP contribution in [0.2, 0.25) is 0 Å². The largest absolute Gasteiger partial charge is 0.496 e. The normalized spacial score (nSPS) is 16.3. The van der Waals surface area contributed by atoms with Crippen LogP contribution in [0.25, 0.3) is 0 Å². The molecule has 1 aliphatic rings. The van der Waals surface area contributed by atoms with Gasteiger partial charge in [-0.2, -0.15) is 0 Å². The van der Waals surface area contributed by atoms with Gasteiger partial charge in [-0.1, -0.05) is 35.9 Å². The van der Waals surface area contributed by atoms with Crippen molar-refractivity contribution in [1.82, 2.24) is 10.2 Å². The average Bonchev–Trinajstić information content (AvgIpc) is 2.74. The molecular weight excluding hydrogens is 368 g/mol. The fourth-order valence-electron chi connectivity index (χ4n) is 3.79. The Balaban J connectivity index is 1.51. The molecule has 2 aromatic carbocycles. The second-order valence-electron chi connectivity index (χ2n) is 7.53. The Kier molecular flexibility index (Phi) is 6.77. The molecule has 3 rings (SSSR count). The highest BCUT2D eigenvalue weighted by Crippen LogP contribution is 2.33. The van der Waals surface area contributed by atoms with E-state index in [1.54, 1.807) is 18.2 Å². The minimum absolute atomic E-state index is 0.215. The summed E-state index contributed by atoms with van der Waals surface area (Å²) in [6.45, 7) is 4.87. The Hall–Kier alpha value is -2.57. The number of likely N-dealkylation sites (tertiary alicyclic amines) is 1. The smallest absolute Gasteiger partial charge is 0.258 e. The van der Waals surface area contributed by atoms with Crippen LogP contribution in [0.15, 0.2) is 42.5 Å². The number of aryl methyl sites for hydroxylation is 1. The van der Waals surface area contributed by atoms with Gasteiger partial charge in [-0.15, -0.1) is 0 Å². The number of ether oxygens (including phenoxy) is 2. The molecule has 6 nitrogen and oxygen atoms in total. The minimum atomic E-state index is -0.766. The zero-order valence-electron chi connectivity index (χ0n) is 17.4. The van der Waals surface area contributed by atoms with Crippen LogP contribution in [0.1, 0.15) is 34.3 Å². The predicted octanol–water partition coefficient (Wildman–Crippen LogP) is 2.73. The van der Waals surface area contributed by atoms with E-state index in [-0.39, 0.29) is 5.91 Å². The summed E-state index contributed by atoms with van der Waals surface area (Å²) in [5.41, 5.74) is 1.82. The number of carbonyl (C=O) groups excluding carboxylic acids is 1. The molecule has 29 heavy (non-hydrogen) atoms. The van der Waals surface area contributed by atoms with E-state index in [0.717, 1.165) is 25.2 Å². The highest BCUT2D eigenvalue weighted by atomic mass is 16.5. The van der Waals surface area contributed by atoms with E-state index < -0.39 is 5.60 Å². The third-order valence-corrected chi connectivity index (χ3v) is 5.64. The first-order valence-corrected chi connectivity index (χ1v) is 9.98. The third kappa shape index (κ3) is 4.89. The number of carbonyl (C=O) groups is 1. The highest BCUT2D eigenvalue weighted by Gasteiger charge is 2.33. The third-order valence-electron chi connectivity index (χ3n) is 5.64. The molecule has 1 saturated heterocycles. The first kappa shape index (κ1) is 21.1. The number of hydrogen-bond acceptors (Lipinski definition) is 5. The summed E-state index contributed by atoms with van der Waals surface area (Å²) in [5, 5.41) is 14.0. The molecule has 1 heterocycles. The van der Waals surface area contributed by atoms with Crippen molar-refractivity contribution < 1.29 is 19.4 Å². The van der Waals surface area contributed by atoms with E-state index in [1.165, 1.54) is 19.8 Å². The molecule has 2 aromatic rings. The second-order valence-corrected chi connectivity index (χ2v) is 7.53. The van der Waals surface area contributed by atoms with Crippen LogP contribution in [-0.2, 0) is 5.60 Å². The fraction of sp³-hybridized carbons (Fsp3) is 0.435. The van der Waals surface area contributed by atoms with Crippen molar-refractivity contribution in [2.75, 3.05) is 40.4 Å². The van der Waals surface area contributed by atoms with Gasteiger partial charge in [0.1, 0.15) is 17.1 Å². The number of nitrogens with one attached hydrogen (secondary N) is 1. The van der Waals surface area contributed by atoms with Gasteiger partial charge in [0.2, 0.25) is 0 Å². The van der Waals surface area contributed by atoms with E-state index >= 15 is 0 Å². The Morgan fingerprint density at radius 2 is 1.66 bits per heavy atom. The standard InChI is InChI=1S/C23H30N2O4/c1-17-7-9-18(10-8-17)23(27)11-14-25(15-12-23)16-13-24-22(26)21-19(28-2)5-4-6-20(21)29-3/h4-10,27H,11-16H2,1-3H3,(H,24,26). The Bertz CT molecular complexity index is 805. The molecular formula is C23H30N2O4.